The van der Waals surface area contributed by atoms with E-state index >= 15 is 0 Å². The minimum absolute atomic E-state index is 0.00848. The van der Waals surface area contributed by atoms with Crippen LogP contribution in [0.1, 0.15) is 32.4 Å². The third kappa shape index (κ3) is 3.80. The first-order chi connectivity index (χ1) is 14.0. The maximum Gasteiger partial charge on any atom is 0.283 e. The highest BCUT2D eigenvalue weighted by Crippen LogP contribution is 2.33. The molecule has 2 aliphatic heterocycles. The van der Waals surface area contributed by atoms with E-state index in [1.807, 2.05) is 12.1 Å². The number of thioether (sulfide) groups is 1. The van der Waals surface area contributed by atoms with E-state index in [1.54, 1.807) is 24.3 Å². The van der Waals surface area contributed by atoms with Crippen molar-refractivity contribution in [3.8, 4) is 11.3 Å². The van der Waals surface area contributed by atoms with E-state index in [-0.39, 0.29) is 11.4 Å². The Morgan fingerprint density at radius 3 is 2.79 bits per heavy atom. The van der Waals surface area contributed by atoms with Crippen LogP contribution in [0.4, 0.5) is 0 Å². The van der Waals surface area contributed by atoms with Crippen molar-refractivity contribution in [2.45, 2.75) is 26.7 Å². The second-order valence-electron chi connectivity index (χ2n) is 6.68. The summed E-state index contributed by atoms with van der Waals surface area (Å²) >= 11 is 7.41. The Balaban J connectivity index is 1.63. The smallest absolute Gasteiger partial charge is 0.283 e. The number of amides is 1. The fraction of sp³-hybridized carbons (Fsp3) is 0.238. The summed E-state index contributed by atoms with van der Waals surface area (Å²) in [5, 5.41) is 16.4. The molecule has 0 atom stereocenters. The number of hydrazone groups is 1. The van der Waals surface area contributed by atoms with Gasteiger partial charge < -0.3 is 4.42 Å². The molecule has 0 saturated carbocycles. The summed E-state index contributed by atoms with van der Waals surface area (Å²) in [4.78, 5) is 16.7. The van der Waals surface area contributed by atoms with Crippen molar-refractivity contribution in [1.29, 1.82) is 5.41 Å². The molecule has 1 aromatic carbocycles. The molecule has 0 saturated heterocycles. The highest BCUT2D eigenvalue weighted by molar-refractivity contribution is 8.27. The number of aliphatic imine (C=N–C) groups is 1. The van der Waals surface area contributed by atoms with Gasteiger partial charge in [0.25, 0.3) is 5.91 Å². The van der Waals surface area contributed by atoms with Crippen molar-refractivity contribution in [3.05, 3.63) is 52.8 Å². The lowest BCUT2D eigenvalue weighted by Gasteiger charge is -2.19. The molecule has 6 nitrogen and oxygen atoms in total. The van der Waals surface area contributed by atoms with Crippen LogP contribution in [0, 0.1) is 11.3 Å². The molecule has 2 aromatic rings. The van der Waals surface area contributed by atoms with Crippen LogP contribution in [0.3, 0.4) is 0 Å². The Labute approximate surface area is 177 Å². The number of nitrogens with one attached hydrogen (secondary N) is 1. The average Bonchev–Trinajstić information content (AvgIpc) is 3.34. The first kappa shape index (κ1) is 19.7. The fourth-order valence-corrected chi connectivity index (χ4v) is 4.53. The van der Waals surface area contributed by atoms with Gasteiger partial charge in [-0.25, -0.2) is 0 Å². The third-order valence-electron chi connectivity index (χ3n) is 4.83. The van der Waals surface area contributed by atoms with Crippen molar-refractivity contribution >= 4 is 51.4 Å². The number of halogens is 1. The molecule has 2 aliphatic rings. The fourth-order valence-electron chi connectivity index (χ4n) is 3.18. The summed E-state index contributed by atoms with van der Waals surface area (Å²) in [5.74, 6) is 0.936. The van der Waals surface area contributed by atoms with Crippen LogP contribution in [-0.2, 0) is 4.79 Å². The van der Waals surface area contributed by atoms with Gasteiger partial charge in [-0.3, -0.25) is 10.2 Å². The van der Waals surface area contributed by atoms with Crippen molar-refractivity contribution in [2.75, 3.05) is 0 Å². The Morgan fingerprint density at radius 2 is 2.07 bits per heavy atom. The zero-order valence-electron chi connectivity index (χ0n) is 16.0. The number of hydrogen-bond acceptors (Lipinski definition) is 5. The lowest BCUT2D eigenvalue weighted by Crippen LogP contribution is -2.35. The van der Waals surface area contributed by atoms with Crippen LogP contribution >= 0.6 is 23.4 Å². The van der Waals surface area contributed by atoms with Crippen molar-refractivity contribution in [1.82, 2.24) is 5.01 Å². The van der Waals surface area contributed by atoms with Gasteiger partial charge in [-0.15, -0.1) is 0 Å². The average molecular weight is 427 g/mol. The Morgan fingerprint density at radius 1 is 1.28 bits per heavy atom. The molecule has 29 heavy (non-hydrogen) atoms. The zero-order valence-corrected chi connectivity index (χ0v) is 17.5. The van der Waals surface area contributed by atoms with Crippen LogP contribution in [0.5, 0.6) is 0 Å². The number of amidine groups is 2. The third-order valence-corrected chi connectivity index (χ3v) is 6.13. The number of carbonyl (C=O) groups excluding carboxylic acids is 1. The van der Waals surface area contributed by atoms with Gasteiger partial charge in [-0.05, 0) is 54.9 Å². The number of benzene rings is 1. The Hall–Kier alpha value is -2.64. The lowest BCUT2D eigenvalue weighted by atomic mass is 10.1. The first-order valence-electron chi connectivity index (χ1n) is 9.36. The van der Waals surface area contributed by atoms with E-state index in [0.717, 1.165) is 23.4 Å². The van der Waals surface area contributed by atoms with Gasteiger partial charge in [0.15, 0.2) is 5.84 Å². The SMILES string of the molecule is CCC(CC)C1=NN2C(=N)/C(=C/c3ccc(-c4cccc(Cl)c4)o3)C(=O)N=C2S1. The predicted molar refractivity (Wildman–Crippen MR) is 118 cm³/mol. The van der Waals surface area contributed by atoms with Gasteiger partial charge in [0, 0.05) is 16.5 Å². The molecule has 148 valence electrons. The Kier molecular flexibility index (Phi) is 5.43. The minimum atomic E-state index is -0.463. The summed E-state index contributed by atoms with van der Waals surface area (Å²) in [6.45, 7) is 4.21. The van der Waals surface area contributed by atoms with Gasteiger partial charge in [0.2, 0.25) is 5.17 Å². The topological polar surface area (TPSA) is 82.0 Å². The molecule has 1 amide bonds. The zero-order chi connectivity index (χ0) is 20.5. The van der Waals surface area contributed by atoms with E-state index < -0.39 is 5.91 Å². The highest BCUT2D eigenvalue weighted by atomic mass is 35.5. The number of rotatable bonds is 5. The second-order valence-corrected chi connectivity index (χ2v) is 8.11. The molecule has 0 unspecified atom stereocenters. The quantitative estimate of drug-likeness (QED) is 0.625. The molecule has 0 aliphatic carbocycles. The summed E-state index contributed by atoms with van der Waals surface area (Å²) in [6.07, 6.45) is 3.44. The molecular formula is C21H19ClN4O2S. The molecule has 0 fully saturated rings. The number of carbonyl (C=O) groups is 1. The molecule has 4 rings (SSSR count). The van der Waals surface area contributed by atoms with Crippen LogP contribution in [0.2, 0.25) is 5.02 Å². The van der Waals surface area contributed by atoms with Crippen LogP contribution in [0.25, 0.3) is 17.4 Å². The maximum absolute atomic E-state index is 12.5. The van der Waals surface area contributed by atoms with E-state index in [4.69, 9.17) is 21.4 Å². The predicted octanol–water partition coefficient (Wildman–Crippen LogP) is 5.66. The monoisotopic (exact) mass is 426 g/mol. The molecule has 8 heteroatoms. The van der Waals surface area contributed by atoms with Crippen molar-refractivity contribution in [2.24, 2.45) is 16.0 Å². The summed E-state index contributed by atoms with van der Waals surface area (Å²) in [5.41, 5.74) is 0.985. The number of furan rings is 1. The van der Waals surface area contributed by atoms with Crippen LogP contribution in [0.15, 0.2) is 56.5 Å². The molecule has 0 bridgehead atoms. The van der Waals surface area contributed by atoms with E-state index in [2.05, 4.69) is 23.9 Å². The highest BCUT2D eigenvalue weighted by Gasteiger charge is 2.37. The van der Waals surface area contributed by atoms with Crippen molar-refractivity contribution < 1.29 is 9.21 Å². The summed E-state index contributed by atoms with van der Waals surface area (Å²) < 4.78 is 5.84. The van der Waals surface area contributed by atoms with Gasteiger partial charge >= 0.3 is 0 Å². The van der Waals surface area contributed by atoms with Gasteiger partial charge in [-0.2, -0.15) is 15.1 Å². The molecular weight excluding hydrogens is 408 g/mol. The van der Waals surface area contributed by atoms with Gasteiger partial charge in [0.1, 0.15) is 16.6 Å². The summed E-state index contributed by atoms with van der Waals surface area (Å²) in [7, 11) is 0. The molecule has 1 N–H and O–H groups in total. The normalized spacial score (nSPS) is 17.8. The van der Waals surface area contributed by atoms with Gasteiger partial charge in [-0.1, -0.05) is 37.6 Å². The molecule has 1 aromatic heterocycles. The molecule has 3 heterocycles. The summed E-state index contributed by atoms with van der Waals surface area (Å²) in [6, 6.07) is 10.9. The second kappa shape index (κ2) is 8.00. The standard InChI is InChI=1S/C21H19ClN4O2S/c1-3-12(4-2)20-25-26-18(23)16(19(27)24-21(26)29-20)11-15-8-9-17(28-15)13-6-5-7-14(22)10-13/h5-12,23H,3-4H2,1-2H3/b16-11-,23-18?. The Bertz CT molecular complexity index is 1080. The first-order valence-corrected chi connectivity index (χ1v) is 10.6. The van der Waals surface area contributed by atoms with Gasteiger partial charge in [0.05, 0.1) is 5.57 Å². The minimum Gasteiger partial charge on any atom is -0.457 e. The van der Waals surface area contributed by atoms with Crippen molar-refractivity contribution in [3.63, 3.8) is 0 Å². The largest absolute Gasteiger partial charge is 0.457 e. The van der Waals surface area contributed by atoms with Crippen LogP contribution < -0.4 is 0 Å². The molecule has 0 spiro atoms. The number of nitrogens with zero attached hydrogens (tertiary/aromatic N) is 3. The maximum atomic E-state index is 12.5. The van der Waals surface area contributed by atoms with E-state index in [0.29, 0.717) is 27.6 Å². The number of fused-ring (bicyclic) bond motifs is 1. The van der Waals surface area contributed by atoms with Crippen LogP contribution in [-0.4, -0.2) is 27.0 Å². The van der Waals surface area contributed by atoms with E-state index in [1.165, 1.54) is 22.8 Å². The number of hydrogen-bond donors (Lipinski definition) is 1. The lowest BCUT2D eigenvalue weighted by molar-refractivity contribution is -0.114. The molecule has 0 radical (unpaired) electrons. The van der Waals surface area contributed by atoms with E-state index in [9.17, 15) is 4.79 Å².